The van der Waals surface area contributed by atoms with Gasteiger partial charge in [-0.25, -0.2) is 4.99 Å². The first-order valence-electron chi connectivity index (χ1n) is 9.09. The van der Waals surface area contributed by atoms with Crippen molar-refractivity contribution in [3.8, 4) is 11.5 Å². The molecule has 1 fully saturated rings. The number of nitrogens with two attached hydrogens (primary N) is 1. The molecule has 0 aromatic heterocycles. The number of guanidine groups is 1. The minimum absolute atomic E-state index is 0.234. The molecule has 1 atom stereocenters. The summed E-state index contributed by atoms with van der Waals surface area (Å²) in [5.74, 6) is 2.43. The van der Waals surface area contributed by atoms with Crippen LogP contribution in [0, 0.1) is 5.92 Å². The third kappa shape index (κ3) is 5.54. The summed E-state index contributed by atoms with van der Waals surface area (Å²) in [6.45, 7) is 5.08. The second kappa shape index (κ2) is 9.89. The summed E-state index contributed by atoms with van der Waals surface area (Å²) in [7, 11) is 3.28. The van der Waals surface area contributed by atoms with E-state index in [2.05, 4.69) is 10.2 Å². The Morgan fingerprint density at radius 1 is 1.38 bits per heavy atom. The van der Waals surface area contributed by atoms with Crippen molar-refractivity contribution in [3.05, 3.63) is 23.8 Å². The maximum absolute atomic E-state index is 11.2. The summed E-state index contributed by atoms with van der Waals surface area (Å²) in [6.07, 6.45) is 2.50. The number of carbonyl (C=O) groups is 1. The van der Waals surface area contributed by atoms with Crippen LogP contribution in [0.5, 0.6) is 11.5 Å². The number of piperidine rings is 1. The number of ether oxygens (including phenoxy) is 2. The fourth-order valence-electron chi connectivity index (χ4n) is 3.28. The van der Waals surface area contributed by atoms with E-state index in [9.17, 15) is 4.79 Å². The second-order valence-electron chi connectivity index (χ2n) is 6.47. The molecule has 2 rings (SSSR count). The normalized spacial score (nSPS) is 17.7. The van der Waals surface area contributed by atoms with Crippen LogP contribution in [-0.4, -0.2) is 50.6 Å². The number of benzene rings is 1. The molecule has 7 nitrogen and oxygen atoms in total. The van der Waals surface area contributed by atoms with E-state index in [0.29, 0.717) is 18.9 Å². The van der Waals surface area contributed by atoms with Crippen LogP contribution in [-0.2, 0) is 11.3 Å². The number of rotatable bonds is 7. The van der Waals surface area contributed by atoms with Gasteiger partial charge in [0.25, 0.3) is 0 Å². The number of methoxy groups -OCH3 is 2. The SMILES string of the molecule is CCNC(=NCc1ccc(OC)cc1OC)N1CCCC(CC(N)=O)C1. The first kappa shape index (κ1) is 19.9. The number of likely N-dealkylation sites (tertiary alicyclic amines) is 1. The molecular weight excluding hydrogens is 332 g/mol. The van der Waals surface area contributed by atoms with Gasteiger partial charge in [0.2, 0.25) is 5.91 Å². The molecule has 26 heavy (non-hydrogen) atoms. The van der Waals surface area contributed by atoms with E-state index < -0.39 is 0 Å². The molecule has 144 valence electrons. The maximum atomic E-state index is 11.2. The van der Waals surface area contributed by atoms with Crippen molar-refractivity contribution in [3.63, 3.8) is 0 Å². The number of hydrogen-bond acceptors (Lipinski definition) is 4. The molecule has 1 aliphatic heterocycles. The number of amides is 1. The molecule has 0 bridgehead atoms. The van der Waals surface area contributed by atoms with Crippen LogP contribution < -0.4 is 20.5 Å². The van der Waals surface area contributed by atoms with Gasteiger partial charge in [-0.15, -0.1) is 0 Å². The molecule has 1 aromatic carbocycles. The zero-order valence-electron chi connectivity index (χ0n) is 16.0. The molecule has 0 aliphatic carbocycles. The van der Waals surface area contributed by atoms with Gasteiger partial charge in [-0.1, -0.05) is 0 Å². The summed E-state index contributed by atoms with van der Waals surface area (Å²) < 4.78 is 10.7. The zero-order valence-corrected chi connectivity index (χ0v) is 16.0. The molecule has 1 aliphatic rings. The molecule has 3 N–H and O–H groups in total. The quantitative estimate of drug-likeness (QED) is 0.570. The number of aliphatic imine (C=N–C) groups is 1. The molecule has 1 aromatic rings. The standard InChI is InChI=1S/C19H30N4O3/c1-4-21-19(23-9-5-6-14(13-23)10-18(20)24)22-12-15-7-8-16(25-2)11-17(15)26-3/h7-8,11,14H,4-6,9-10,12-13H2,1-3H3,(H2,20,24)(H,21,22). The summed E-state index contributed by atoms with van der Waals surface area (Å²) >= 11 is 0. The van der Waals surface area contributed by atoms with Crippen molar-refractivity contribution in [2.24, 2.45) is 16.6 Å². The van der Waals surface area contributed by atoms with Gasteiger partial charge >= 0.3 is 0 Å². The van der Waals surface area contributed by atoms with Crippen LogP contribution in [0.4, 0.5) is 0 Å². The number of nitrogens with zero attached hydrogens (tertiary/aromatic N) is 2. The van der Waals surface area contributed by atoms with Crippen LogP contribution in [0.3, 0.4) is 0 Å². The molecule has 0 saturated carbocycles. The first-order valence-corrected chi connectivity index (χ1v) is 9.09. The van der Waals surface area contributed by atoms with Crippen molar-refractivity contribution in [1.82, 2.24) is 10.2 Å². The van der Waals surface area contributed by atoms with Crippen molar-refractivity contribution in [1.29, 1.82) is 0 Å². The lowest BCUT2D eigenvalue weighted by Gasteiger charge is -2.34. The van der Waals surface area contributed by atoms with Crippen LogP contribution in [0.1, 0.15) is 31.7 Å². The van der Waals surface area contributed by atoms with Crippen LogP contribution >= 0.6 is 0 Å². The van der Waals surface area contributed by atoms with Crippen molar-refractivity contribution >= 4 is 11.9 Å². The van der Waals surface area contributed by atoms with E-state index in [4.69, 9.17) is 20.2 Å². The Morgan fingerprint density at radius 2 is 2.19 bits per heavy atom. The highest BCUT2D eigenvalue weighted by Crippen LogP contribution is 2.25. The molecule has 0 radical (unpaired) electrons. The molecule has 1 heterocycles. The van der Waals surface area contributed by atoms with E-state index in [1.165, 1.54) is 0 Å². The van der Waals surface area contributed by atoms with Gasteiger partial charge in [0.05, 0.1) is 20.8 Å². The minimum atomic E-state index is -0.234. The summed E-state index contributed by atoms with van der Waals surface area (Å²) in [6, 6.07) is 5.74. The van der Waals surface area contributed by atoms with Gasteiger partial charge in [-0.2, -0.15) is 0 Å². The molecule has 1 amide bonds. The highest BCUT2D eigenvalue weighted by atomic mass is 16.5. The van der Waals surface area contributed by atoms with Crippen LogP contribution in [0.2, 0.25) is 0 Å². The summed E-state index contributed by atoms with van der Waals surface area (Å²) in [5, 5.41) is 3.35. The van der Waals surface area contributed by atoms with Crippen LogP contribution in [0.25, 0.3) is 0 Å². The van der Waals surface area contributed by atoms with E-state index >= 15 is 0 Å². The van der Waals surface area contributed by atoms with Gasteiger partial charge in [0.15, 0.2) is 5.96 Å². The maximum Gasteiger partial charge on any atom is 0.217 e. The fourth-order valence-corrected chi connectivity index (χ4v) is 3.28. The lowest BCUT2D eigenvalue weighted by Crippen LogP contribution is -2.47. The Morgan fingerprint density at radius 3 is 2.85 bits per heavy atom. The topological polar surface area (TPSA) is 89.2 Å². The number of nitrogens with one attached hydrogen (secondary N) is 1. The van der Waals surface area contributed by atoms with E-state index in [0.717, 1.165) is 55.5 Å². The average Bonchev–Trinajstić information content (AvgIpc) is 2.64. The number of carbonyl (C=O) groups excluding carboxylic acids is 1. The Labute approximate surface area is 155 Å². The minimum Gasteiger partial charge on any atom is -0.497 e. The third-order valence-electron chi connectivity index (χ3n) is 4.54. The predicted molar refractivity (Wildman–Crippen MR) is 102 cm³/mol. The largest absolute Gasteiger partial charge is 0.497 e. The van der Waals surface area contributed by atoms with E-state index in [1.807, 2.05) is 25.1 Å². The molecule has 7 heteroatoms. The molecule has 1 unspecified atom stereocenters. The van der Waals surface area contributed by atoms with Crippen molar-refractivity contribution in [2.45, 2.75) is 32.7 Å². The average molecular weight is 362 g/mol. The van der Waals surface area contributed by atoms with E-state index in [-0.39, 0.29) is 5.91 Å². The van der Waals surface area contributed by atoms with Gasteiger partial charge in [0, 0.05) is 37.7 Å². The zero-order chi connectivity index (χ0) is 18.9. The van der Waals surface area contributed by atoms with Crippen molar-refractivity contribution < 1.29 is 14.3 Å². The Kier molecular flexibility index (Phi) is 7.56. The van der Waals surface area contributed by atoms with Gasteiger partial charge in [0.1, 0.15) is 11.5 Å². The summed E-state index contributed by atoms with van der Waals surface area (Å²) in [4.78, 5) is 18.2. The second-order valence-corrected chi connectivity index (χ2v) is 6.47. The highest BCUT2D eigenvalue weighted by molar-refractivity contribution is 5.80. The Balaban J connectivity index is 2.12. The molecular formula is C19H30N4O3. The Hall–Kier alpha value is -2.44. The summed E-state index contributed by atoms with van der Waals surface area (Å²) in [5.41, 5.74) is 6.36. The smallest absolute Gasteiger partial charge is 0.217 e. The Bertz CT molecular complexity index is 633. The van der Waals surface area contributed by atoms with Gasteiger partial charge in [-0.3, -0.25) is 4.79 Å². The highest BCUT2D eigenvalue weighted by Gasteiger charge is 2.23. The van der Waals surface area contributed by atoms with Gasteiger partial charge in [-0.05, 0) is 37.8 Å². The number of primary amides is 1. The molecule has 1 saturated heterocycles. The fraction of sp³-hybridized carbons (Fsp3) is 0.579. The van der Waals surface area contributed by atoms with Crippen molar-refractivity contribution in [2.75, 3.05) is 33.9 Å². The van der Waals surface area contributed by atoms with Gasteiger partial charge < -0.3 is 25.4 Å². The lowest BCUT2D eigenvalue weighted by atomic mass is 9.95. The predicted octanol–water partition coefficient (Wildman–Crippen LogP) is 1.76. The van der Waals surface area contributed by atoms with Crippen LogP contribution in [0.15, 0.2) is 23.2 Å². The number of hydrogen-bond donors (Lipinski definition) is 2. The monoisotopic (exact) mass is 362 g/mol. The third-order valence-corrected chi connectivity index (χ3v) is 4.54. The molecule has 0 spiro atoms. The first-order chi connectivity index (χ1) is 12.6. The van der Waals surface area contributed by atoms with E-state index in [1.54, 1.807) is 14.2 Å². The lowest BCUT2D eigenvalue weighted by molar-refractivity contribution is -0.119.